The Morgan fingerprint density at radius 1 is 0.963 bits per heavy atom. The van der Waals surface area contributed by atoms with Gasteiger partial charge in [-0.2, -0.15) is 0 Å². The number of carbonyl (C=O) groups is 2. The molecule has 0 radical (unpaired) electrons. The Morgan fingerprint density at radius 2 is 1.63 bits per heavy atom. The van der Waals surface area contributed by atoms with E-state index in [-0.39, 0.29) is 11.5 Å². The Bertz CT molecular complexity index is 855. The van der Waals surface area contributed by atoms with Crippen molar-refractivity contribution in [3.63, 3.8) is 0 Å². The van der Waals surface area contributed by atoms with Crippen molar-refractivity contribution >= 4 is 17.8 Å². The Morgan fingerprint density at radius 3 is 2.26 bits per heavy atom. The second kappa shape index (κ2) is 9.28. The summed E-state index contributed by atoms with van der Waals surface area (Å²) >= 11 is 0. The van der Waals surface area contributed by atoms with Crippen LogP contribution in [0, 0.1) is 0 Å². The summed E-state index contributed by atoms with van der Waals surface area (Å²) in [6.07, 6.45) is 2.97. The van der Waals surface area contributed by atoms with E-state index >= 15 is 0 Å². The van der Waals surface area contributed by atoms with Gasteiger partial charge in [-0.1, -0.05) is 12.1 Å². The lowest BCUT2D eigenvalue weighted by Gasteiger charge is -2.12. The topological polar surface area (TPSA) is 94.1 Å². The van der Waals surface area contributed by atoms with E-state index < -0.39 is 12.6 Å². The van der Waals surface area contributed by atoms with Gasteiger partial charge in [0.2, 0.25) is 0 Å². The van der Waals surface area contributed by atoms with E-state index in [1.54, 1.807) is 36.4 Å². The van der Waals surface area contributed by atoms with E-state index in [1.165, 1.54) is 33.5 Å². The molecule has 0 saturated carbocycles. The van der Waals surface area contributed by atoms with Crippen LogP contribution in [0.4, 0.5) is 0 Å². The maximum Gasteiger partial charge on any atom is 0.185 e. The second-order valence-corrected chi connectivity index (χ2v) is 5.34. The van der Waals surface area contributed by atoms with E-state index in [1.807, 2.05) is 0 Å². The van der Waals surface area contributed by atoms with Gasteiger partial charge in [-0.3, -0.25) is 4.79 Å². The van der Waals surface area contributed by atoms with Gasteiger partial charge < -0.3 is 28.8 Å². The molecule has 0 heterocycles. The molecule has 142 valence electrons. The van der Waals surface area contributed by atoms with Gasteiger partial charge >= 0.3 is 0 Å². The van der Waals surface area contributed by atoms with E-state index in [2.05, 4.69) is 0 Å². The number of benzene rings is 2. The minimum absolute atomic E-state index is 0.266. The van der Waals surface area contributed by atoms with Crippen LogP contribution in [0.5, 0.6) is 23.0 Å². The van der Waals surface area contributed by atoms with Crippen molar-refractivity contribution in [3.05, 3.63) is 53.6 Å². The van der Waals surface area contributed by atoms with Crippen LogP contribution in [0.1, 0.15) is 15.9 Å². The molecule has 0 aliphatic carbocycles. The lowest BCUT2D eigenvalue weighted by atomic mass is 10.1. The van der Waals surface area contributed by atoms with Crippen LogP contribution < -0.4 is 24.1 Å². The number of carboxylic acid groups (broad SMARTS) is 1. The molecule has 2 aromatic carbocycles. The highest BCUT2D eigenvalue weighted by Crippen LogP contribution is 2.35. The Kier molecular flexibility index (Phi) is 6.82. The summed E-state index contributed by atoms with van der Waals surface area (Å²) < 4.78 is 20.8. The number of ether oxygens (including phenoxy) is 4. The number of carbonyl (C=O) groups excluding carboxylic acids is 2. The summed E-state index contributed by atoms with van der Waals surface area (Å²) in [6, 6.07) is 9.58. The Balaban J connectivity index is 2.23. The lowest BCUT2D eigenvalue weighted by molar-refractivity contribution is -0.307. The minimum atomic E-state index is -1.34. The fraction of sp³-hybridized carbons (Fsp3) is 0.200. The molecule has 0 aliphatic heterocycles. The maximum atomic E-state index is 12.4. The van der Waals surface area contributed by atoms with Crippen molar-refractivity contribution in [2.24, 2.45) is 0 Å². The van der Waals surface area contributed by atoms with Crippen molar-refractivity contribution in [3.8, 4) is 23.0 Å². The smallest absolute Gasteiger partial charge is 0.185 e. The molecule has 0 N–H and O–H groups in total. The number of hydrogen-bond acceptors (Lipinski definition) is 7. The molecule has 0 amide bonds. The summed E-state index contributed by atoms with van der Waals surface area (Å²) in [6.45, 7) is -0.587. The summed E-state index contributed by atoms with van der Waals surface area (Å²) in [5.41, 5.74) is 0.981. The Hall–Kier alpha value is -3.48. The largest absolute Gasteiger partial charge is 0.546 e. The molecule has 2 rings (SSSR count). The number of allylic oxidation sites excluding steroid dienone is 1. The molecule has 7 heteroatoms. The van der Waals surface area contributed by atoms with Crippen molar-refractivity contribution in [1.82, 2.24) is 0 Å². The third-order valence-corrected chi connectivity index (χ3v) is 3.63. The molecular weight excluding hydrogens is 352 g/mol. The standard InChI is InChI=1S/C20H20O7/c1-24-17-11-19(26-3)18(25-2)10-14(17)7-8-16(21)13-5-4-6-15(9-13)27-12-20(22)23/h4-11H,12H2,1-3H3,(H,22,23)/p-1/b8-7+. The molecule has 7 nitrogen and oxygen atoms in total. The molecule has 0 bridgehead atoms. The third kappa shape index (κ3) is 5.24. The highest BCUT2D eigenvalue weighted by atomic mass is 16.5. The van der Waals surface area contributed by atoms with E-state index in [4.69, 9.17) is 18.9 Å². The molecule has 0 unspecified atom stereocenters. The number of hydrogen-bond donors (Lipinski definition) is 0. The van der Waals surface area contributed by atoms with Gasteiger partial charge in [0.05, 0.1) is 27.3 Å². The quantitative estimate of drug-likeness (QED) is 0.489. The summed E-state index contributed by atoms with van der Waals surface area (Å²) in [7, 11) is 4.55. The highest BCUT2D eigenvalue weighted by molar-refractivity contribution is 6.07. The summed E-state index contributed by atoms with van der Waals surface area (Å²) in [5.74, 6) is 0.168. The third-order valence-electron chi connectivity index (χ3n) is 3.63. The van der Waals surface area contributed by atoms with Gasteiger partial charge in [0.15, 0.2) is 17.3 Å². The van der Waals surface area contributed by atoms with Gasteiger partial charge in [-0.15, -0.1) is 0 Å². The van der Waals surface area contributed by atoms with Crippen LogP contribution in [0.25, 0.3) is 6.08 Å². The number of ketones is 1. The summed E-state index contributed by atoms with van der Waals surface area (Å²) in [4.78, 5) is 22.9. The van der Waals surface area contributed by atoms with Crippen LogP contribution >= 0.6 is 0 Å². The number of methoxy groups -OCH3 is 3. The zero-order chi connectivity index (χ0) is 19.8. The normalized spacial score (nSPS) is 10.5. The number of rotatable bonds is 9. The molecular formula is C20H19O7-. The molecule has 2 aromatic rings. The molecule has 0 fully saturated rings. The average Bonchev–Trinajstić information content (AvgIpc) is 2.69. The second-order valence-electron chi connectivity index (χ2n) is 5.34. The number of aliphatic carboxylic acids is 1. The van der Waals surface area contributed by atoms with Gasteiger partial charge in [0.1, 0.15) is 18.1 Å². The minimum Gasteiger partial charge on any atom is -0.546 e. The van der Waals surface area contributed by atoms with Crippen LogP contribution in [0.2, 0.25) is 0 Å². The molecule has 0 spiro atoms. The van der Waals surface area contributed by atoms with Gasteiger partial charge in [0, 0.05) is 17.2 Å². The first-order valence-electron chi connectivity index (χ1n) is 7.93. The van der Waals surface area contributed by atoms with E-state index in [9.17, 15) is 14.7 Å². The predicted octanol–water partition coefficient (Wildman–Crippen LogP) is 1.74. The predicted molar refractivity (Wildman–Crippen MR) is 96.4 cm³/mol. The first kappa shape index (κ1) is 19.8. The number of carboxylic acids is 1. The monoisotopic (exact) mass is 371 g/mol. The SMILES string of the molecule is COc1cc(OC)c(OC)cc1/C=C/C(=O)c1cccc(OCC(=O)[O-])c1. The highest BCUT2D eigenvalue weighted by Gasteiger charge is 2.11. The van der Waals surface area contributed by atoms with Crippen molar-refractivity contribution in [2.45, 2.75) is 0 Å². The van der Waals surface area contributed by atoms with Crippen molar-refractivity contribution < 1.29 is 33.6 Å². The van der Waals surface area contributed by atoms with Crippen LogP contribution in [0.15, 0.2) is 42.5 Å². The average molecular weight is 371 g/mol. The molecule has 27 heavy (non-hydrogen) atoms. The van der Waals surface area contributed by atoms with Crippen LogP contribution in [-0.2, 0) is 4.79 Å². The molecule has 0 saturated heterocycles. The van der Waals surface area contributed by atoms with E-state index in [0.717, 1.165) is 0 Å². The Labute approximate surface area is 156 Å². The zero-order valence-electron chi connectivity index (χ0n) is 15.2. The first-order valence-corrected chi connectivity index (χ1v) is 7.93. The van der Waals surface area contributed by atoms with Gasteiger partial charge in [0.25, 0.3) is 0 Å². The van der Waals surface area contributed by atoms with Crippen LogP contribution in [0.3, 0.4) is 0 Å². The molecule has 0 aliphatic rings. The summed E-state index contributed by atoms with van der Waals surface area (Å²) in [5, 5.41) is 10.5. The van der Waals surface area contributed by atoms with Gasteiger partial charge in [-0.25, -0.2) is 0 Å². The maximum absolute atomic E-state index is 12.4. The first-order chi connectivity index (χ1) is 13.0. The van der Waals surface area contributed by atoms with Gasteiger partial charge in [-0.05, 0) is 30.4 Å². The fourth-order valence-corrected chi connectivity index (χ4v) is 2.33. The lowest BCUT2D eigenvalue weighted by Crippen LogP contribution is -2.28. The molecule has 0 aromatic heterocycles. The van der Waals surface area contributed by atoms with Crippen LogP contribution in [-0.4, -0.2) is 39.7 Å². The fourth-order valence-electron chi connectivity index (χ4n) is 2.33. The van der Waals surface area contributed by atoms with E-state index in [0.29, 0.717) is 28.4 Å². The zero-order valence-corrected chi connectivity index (χ0v) is 15.2. The van der Waals surface area contributed by atoms with Crippen molar-refractivity contribution in [2.75, 3.05) is 27.9 Å². The molecule has 0 atom stereocenters. The van der Waals surface area contributed by atoms with Crippen molar-refractivity contribution in [1.29, 1.82) is 0 Å².